The van der Waals surface area contributed by atoms with Crippen LogP contribution in [0, 0.1) is 0 Å². The van der Waals surface area contributed by atoms with Gasteiger partial charge in [0.2, 0.25) is 5.88 Å². The van der Waals surface area contributed by atoms with Gasteiger partial charge in [0.05, 0.1) is 0 Å². The molecule has 1 aromatic heterocycles. The van der Waals surface area contributed by atoms with Crippen LogP contribution in [0.25, 0.3) is 12.2 Å². The summed E-state index contributed by atoms with van der Waals surface area (Å²) in [5.74, 6) is -0.930. The molecular weight excluding hydrogens is 406 g/mol. The van der Waals surface area contributed by atoms with Gasteiger partial charge in [-0.25, -0.2) is 9.59 Å². The molecule has 32 heavy (non-hydrogen) atoms. The minimum absolute atomic E-state index is 0.0248. The van der Waals surface area contributed by atoms with Gasteiger partial charge in [-0.3, -0.25) is 0 Å². The first-order valence-electron chi connectivity index (χ1n) is 10.7. The van der Waals surface area contributed by atoms with Crippen LogP contribution in [-0.2, 0) is 9.47 Å². The summed E-state index contributed by atoms with van der Waals surface area (Å²) >= 11 is 0. The molecule has 174 valence electrons. The normalized spacial score (nSPS) is 12.7. The van der Waals surface area contributed by atoms with Crippen molar-refractivity contribution in [2.45, 2.75) is 79.1 Å². The summed E-state index contributed by atoms with van der Waals surface area (Å²) in [7, 11) is 0. The second-order valence-corrected chi connectivity index (χ2v) is 10.7. The van der Waals surface area contributed by atoms with Gasteiger partial charge < -0.3 is 19.2 Å². The van der Waals surface area contributed by atoms with Crippen LogP contribution >= 0.6 is 0 Å². The fourth-order valence-electron chi connectivity index (χ4n) is 2.79. The molecule has 0 unspecified atom stereocenters. The second-order valence-electron chi connectivity index (χ2n) is 10.7. The van der Waals surface area contributed by atoms with E-state index in [-0.39, 0.29) is 22.8 Å². The highest BCUT2D eigenvalue weighted by molar-refractivity contribution is 6.09. The van der Waals surface area contributed by atoms with Crippen molar-refractivity contribution in [1.29, 1.82) is 0 Å². The van der Waals surface area contributed by atoms with Crippen molar-refractivity contribution in [1.82, 2.24) is 0 Å². The zero-order valence-corrected chi connectivity index (χ0v) is 20.6. The molecular formula is C26H35NO5. The van der Waals surface area contributed by atoms with Gasteiger partial charge in [-0.1, -0.05) is 36.4 Å². The van der Waals surface area contributed by atoms with Crippen LogP contribution < -0.4 is 5.32 Å². The van der Waals surface area contributed by atoms with Gasteiger partial charge in [-0.15, -0.1) is 0 Å². The van der Waals surface area contributed by atoms with E-state index in [4.69, 9.17) is 13.9 Å². The Morgan fingerprint density at radius 2 is 1.28 bits per heavy atom. The summed E-state index contributed by atoms with van der Waals surface area (Å²) in [5, 5.41) is 3.18. The van der Waals surface area contributed by atoms with Crippen LogP contribution in [-0.4, -0.2) is 28.7 Å². The molecule has 1 N–H and O–H groups in total. The van der Waals surface area contributed by atoms with E-state index in [1.165, 1.54) is 0 Å². The lowest BCUT2D eigenvalue weighted by molar-refractivity contribution is 0.00204. The smallest absolute Gasteiger partial charge is 0.345 e. The average Bonchev–Trinajstić information content (AvgIpc) is 2.94. The molecule has 2 aromatic rings. The van der Waals surface area contributed by atoms with E-state index >= 15 is 0 Å². The van der Waals surface area contributed by atoms with E-state index in [2.05, 4.69) is 5.32 Å². The lowest BCUT2D eigenvalue weighted by Crippen LogP contribution is -2.30. The topological polar surface area (TPSA) is 77.8 Å². The zero-order valence-electron chi connectivity index (χ0n) is 20.6. The van der Waals surface area contributed by atoms with E-state index in [0.29, 0.717) is 0 Å². The molecule has 6 nitrogen and oxygen atoms in total. The maximum atomic E-state index is 13.2. The van der Waals surface area contributed by atoms with Crippen molar-refractivity contribution < 1.29 is 23.5 Å². The van der Waals surface area contributed by atoms with Crippen molar-refractivity contribution >= 4 is 30.0 Å². The van der Waals surface area contributed by atoms with E-state index in [9.17, 15) is 9.59 Å². The molecule has 0 saturated heterocycles. The van der Waals surface area contributed by atoms with Crippen molar-refractivity contribution in [3.63, 3.8) is 0 Å². The predicted octanol–water partition coefficient (Wildman–Crippen LogP) is 6.57. The fourth-order valence-corrected chi connectivity index (χ4v) is 2.79. The monoisotopic (exact) mass is 441 g/mol. The number of anilines is 1. The molecule has 0 aliphatic heterocycles. The quantitative estimate of drug-likeness (QED) is 0.529. The number of ether oxygens (including phenoxy) is 2. The first kappa shape index (κ1) is 25.2. The third-order valence-corrected chi connectivity index (χ3v) is 3.86. The highest BCUT2D eigenvalue weighted by Crippen LogP contribution is 2.34. The number of hydrogen-bond acceptors (Lipinski definition) is 6. The average molecular weight is 442 g/mol. The molecule has 0 fully saturated rings. The molecule has 0 saturated carbocycles. The molecule has 0 amide bonds. The Bertz CT molecular complexity index is 980. The van der Waals surface area contributed by atoms with E-state index in [1.807, 2.05) is 57.2 Å². The summed E-state index contributed by atoms with van der Waals surface area (Å²) in [4.78, 5) is 26.4. The van der Waals surface area contributed by atoms with Crippen LogP contribution in [0.2, 0.25) is 0 Å². The molecule has 0 bridgehead atoms. The largest absolute Gasteiger partial charge is 0.456 e. The van der Waals surface area contributed by atoms with Gasteiger partial charge in [0.1, 0.15) is 28.1 Å². The van der Waals surface area contributed by atoms with Gasteiger partial charge in [-0.05, 0) is 74.0 Å². The van der Waals surface area contributed by atoms with Crippen LogP contribution in [0.4, 0.5) is 5.88 Å². The maximum absolute atomic E-state index is 13.2. The Balaban J connectivity index is 2.69. The summed E-state index contributed by atoms with van der Waals surface area (Å²) < 4.78 is 17.2. The van der Waals surface area contributed by atoms with Crippen molar-refractivity contribution in [3.05, 3.63) is 52.8 Å². The van der Waals surface area contributed by atoms with Crippen molar-refractivity contribution in [2.24, 2.45) is 0 Å². The van der Waals surface area contributed by atoms with Gasteiger partial charge in [0.25, 0.3) is 0 Å². The molecule has 0 aliphatic rings. The van der Waals surface area contributed by atoms with E-state index < -0.39 is 28.7 Å². The molecule has 0 spiro atoms. The highest BCUT2D eigenvalue weighted by atomic mass is 16.6. The summed E-state index contributed by atoms with van der Waals surface area (Å²) in [6.45, 7) is 16.4. The fraction of sp³-hybridized carbons (Fsp3) is 0.462. The Hall–Kier alpha value is -3.02. The number of carbonyl (C=O) groups excluding carboxylic acids is 2. The number of benzene rings is 1. The van der Waals surface area contributed by atoms with Crippen LogP contribution in [0.1, 0.15) is 94.4 Å². The SMILES string of the molecule is CC(C)(C)Nc1oc(/C=C/c2ccccc2)c(C(=O)OC(C)(C)C)c1C(=O)OC(C)(C)C. The Morgan fingerprint density at radius 3 is 1.75 bits per heavy atom. The Kier molecular flexibility index (Phi) is 7.28. The standard InChI is InChI=1S/C26H35NO5/c1-24(2,3)27-21-20(23(29)32-26(7,8)9)19(22(28)31-25(4,5)6)18(30-21)16-15-17-13-11-10-12-14-17/h10-16,27H,1-9H3/b16-15+. The van der Waals surface area contributed by atoms with Gasteiger partial charge in [-0.2, -0.15) is 0 Å². The van der Waals surface area contributed by atoms with Crippen LogP contribution in [0.3, 0.4) is 0 Å². The number of furan rings is 1. The molecule has 1 heterocycles. The molecule has 0 atom stereocenters. The number of hydrogen-bond donors (Lipinski definition) is 1. The lowest BCUT2D eigenvalue weighted by atomic mass is 10.1. The number of rotatable bonds is 5. The maximum Gasteiger partial charge on any atom is 0.345 e. The number of nitrogens with one attached hydrogen (secondary N) is 1. The van der Waals surface area contributed by atoms with E-state index in [0.717, 1.165) is 5.56 Å². The molecule has 0 aliphatic carbocycles. The zero-order chi connectivity index (χ0) is 24.3. The first-order chi connectivity index (χ1) is 14.6. The van der Waals surface area contributed by atoms with E-state index in [1.54, 1.807) is 47.6 Å². The molecule has 0 radical (unpaired) electrons. The summed E-state index contributed by atoms with van der Waals surface area (Å²) in [6, 6.07) is 9.60. The van der Waals surface area contributed by atoms with Crippen LogP contribution in [0.5, 0.6) is 0 Å². The highest BCUT2D eigenvalue weighted by Gasteiger charge is 2.35. The minimum atomic E-state index is -0.752. The molecule has 1 aromatic carbocycles. The Morgan fingerprint density at radius 1 is 0.781 bits per heavy atom. The minimum Gasteiger partial charge on any atom is -0.456 e. The third-order valence-electron chi connectivity index (χ3n) is 3.86. The van der Waals surface area contributed by atoms with Gasteiger partial charge in [0, 0.05) is 5.54 Å². The predicted molar refractivity (Wildman–Crippen MR) is 128 cm³/mol. The number of esters is 2. The van der Waals surface area contributed by atoms with Crippen molar-refractivity contribution in [2.75, 3.05) is 5.32 Å². The van der Waals surface area contributed by atoms with Gasteiger partial charge >= 0.3 is 11.9 Å². The first-order valence-corrected chi connectivity index (χ1v) is 10.7. The van der Waals surface area contributed by atoms with Crippen LogP contribution in [0.15, 0.2) is 34.7 Å². The molecule has 6 heteroatoms. The van der Waals surface area contributed by atoms with Crippen molar-refractivity contribution in [3.8, 4) is 0 Å². The summed E-state index contributed by atoms with van der Waals surface area (Å²) in [5.41, 5.74) is -0.954. The number of carbonyl (C=O) groups is 2. The molecule has 2 rings (SSSR count). The van der Waals surface area contributed by atoms with Gasteiger partial charge in [0.15, 0.2) is 0 Å². The third kappa shape index (κ3) is 7.59. The lowest BCUT2D eigenvalue weighted by Gasteiger charge is -2.23. The Labute approximate surface area is 191 Å². The second kappa shape index (κ2) is 9.23. The summed E-state index contributed by atoms with van der Waals surface area (Å²) in [6.07, 6.45) is 3.47.